The Morgan fingerprint density at radius 3 is 1.52 bits per heavy atom. The number of carbonyl (C=O) groups excluding carboxylic acids is 2. The Bertz CT molecular complexity index is 1380. The van der Waals surface area contributed by atoms with E-state index in [1.807, 2.05) is 31.2 Å². The van der Waals surface area contributed by atoms with Gasteiger partial charge in [0.25, 0.3) is 0 Å². The highest BCUT2D eigenvalue weighted by Gasteiger charge is 2.40. The lowest BCUT2D eigenvalue weighted by Crippen LogP contribution is -2.21. The maximum atomic E-state index is 13.4. The molecule has 0 saturated carbocycles. The minimum absolute atomic E-state index is 0.101. The van der Waals surface area contributed by atoms with Crippen LogP contribution in [0.3, 0.4) is 0 Å². The predicted octanol–water partition coefficient (Wildman–Crippen LogP) is 8.84. The smallest absolute Gasteiger partial charge is 0.314 e. The van der Waals surface area contributed by atoms with Crippen molar-refractivity contribution in [3.63, 3.8) is 0 Å². The fourth-order valence-electron chi connectivity index (χ4n) is 4.33. The number of benzene rings is 1. The molecule has 0 bridgehead atoms. The zero-order valence-corrected chi connectivity index (χ0v) is 27.1. The van der Waals surface area contributed by atoms with Crippen molar-refractivity contribution in [2.45, 2.75) is 98.6 Å². The molecule has 1 unspecified atom stereocenters. The van der Waals surface area contributed by atoms with Gasteiger partial charge in [-0.1, -0.05) is 100 Å². The molecule has 0 spiro atoms. The number of carbonyl (C=O) groups is 2. The van der Waals surface area contributed by atoms with Gasteiger partial charge in [0, 0.05) is 6.42 Å². The molecule has 2 aliphatic rings. The maximum absolute atomic E-state index is 13.4. The summed E-state index contributed by atoms with van der Waals surface area (Å²) >= 11 is 4.45. The summed E-state index contributed by atoms with van der Waals surface area (Å²) in [6, 6.07) is 7.64. The van der Waals surface area contributed by atoms with Gasteiger partial charge in [-0.2, -0.15) is 21.0 Å². The van der Waals surface area contributed by atoms with Crippen LogP contribution in [0.4, 0.5) is 0 Å². The fraction of sp³-hybridized carbons (Fsp3) is 0.467. The minimum atomic E-state index is -0.436. The van der Waals surface area contributed by atoms with E-state index >= 15 is 0 Å². The lowest BCUT2D eigenvalue weighted by molar-refractivity contribution is -0.140. The Hall–Kier alpha value is -3.00. The lowest BCUT2D eigenvalue weighted by atomic mass is 9.98. The van der Waals surface area contributed by atoms with Crippen LogP contribution in [0.2, 0.25) is 0 Å². The van der Waals surface area contributed by atoms with Crippen LogP contribution in [0.1, 0.15) is 79.1 Å². The van der Waals surface area contributed by atoms with Gasteiger partial charge in [0.05, 0.1) is 34.0 Å². The van der Waals surface area contributed by atoms with Crippen molar-refractivity contribution >= 4 is 59.0 Å². The zero-order valence-electron chi connectivity index (χ0n) is 23.9. The van der Waals surface area contributed by atoms with E-state index < -0.39 is 11.9 Å². The molecule has 1 atom stereocenters. The molecule has 42 heavy (non-hydrogen) atoms. The average molecular weight is 639 g/mol. The molecule has 3 rings (SSSR count). The molecule has 0 saturated heterocycles. The lowest BCUT2D eigenvalue weighted by Gasteiger charge is -2.19. The van der Waals surface area contributed by atoms with Gasteiger partial charge in [-0.05, 0) is 25.2 Å². The van der Waals surface area contributed by atoms with Crippen molar-refractivity contribution in [3.8, 4) is 35.8 Å². The van der Waals surface area contributed by atoms with Crippen molar-refractivity contribution in [3.05, 3.63) is 19.6 Å². The van der Waals surface area contributed by atoms with Gasteiger partial charge >= 0.3 is 11.9 Å². The molecular weight excluding hydrogens is 609 g/mol. The van der Waals surface area contributed by atoms with E-state index in [0.29, 0.717) is 53.2 Å². The number of unbranched alkanes of at least 4 members (excludes halogenated alkanes) is 1. The molecule has 0 amide bonds. The Balaban J connectivity index is 2.20. The van der Waals surface area contributed by atoms with Crippen LogP contribution < -0.4 is 9.47 Å². The van der Waals surface area contributed by atoms with Crippen molar-refractivity contribution in [1.29, 1.82) is 21.0 Å². The van der Waals surface area contributed by atoms with E-state index in [1.165, 1.54) is 0 Å². The maximum Gasteiger partial charge on any atom is 0.314 e. The molecule has 0 aromatic heterocycles. The number of ether oxygens (including phenoxy) is 2. The van der Waals surface area contributed by atoms with Crippen molar-refractivity contribution in [2.24, 2.45) is 11.8 Å². The molecule has 0 radical (unpaired) electrons. The monoisotopic (exact) mass is 638 g/mol. The predicted molar refractivity (Wildman–Crippen MR) is 164 cm³/mol. The van der Waals surface area contributed by atoms with Crippen molar-refractivity contribution < 1.29 is 19.1 Å². The number of thioether (sulfide) groups is 4. The van der Waals surface area contributed by atoms with Gasteiger partial charge < -0.3 is 9.47 Å². The van der Waals surface area contributed by atoms with Crippen LogP contribution in [-0.2, 0) is 9.59 Å². The normalized spacial score (nSPS) is 13.7. The molecule has 0 N–H and O–H groups in total. The summed E-state index contributed by atoms with van der Waals surface area (Å²) < 4.78 is 12.9. The SMILES string of the molecule is CCCCC(CC)C(=O)Oc1c2c(c(OC(=O)CCC(CC)CC)c3c1SC(=C(C#N)C#N)S3)SC(=C(C#N)C#N)S2. The number of rotatable bonds is 12. The number of hydrogen-bond donors (Lipinski definition) is 0. The standard InChI is InChI=1S/C30H30N4O4S4/c1-5-9-10-18(8-4)28(36)38-23-26-24(39-29(41-26)19(13-31)14-32)22(37-21(35)12-11-17(6-2)7-3)25-27(23)42-30(40-25)20(15-33)16-34/h17-18H,5-12H2,1-4H3. The van der Waals surface area contributed by atoms with Gasteiger partial charge in [-0.15, -0.1) is 0 Å². The quantitative estimate of drug-likeness (QED) is 0.122. The van der Waals surface area contributed by atoms with Gasteiger partial charge in [0.15, 0.2) is 11.5 Å². The first-order chi connectivity index (χ1) is 20.3. The third-order valence-corrected chi connectivity index (χ3v) is 12.1. The second-order valence-electron chi connectivity index (χ2n) is 9.52. The second-order valence-corrected chi connectivity index (χ2v) is 14.1. The van der Waals surface area contributed by atoms with E-state index in [1.54, 1.807) is 0 Å². The molecule has 12 heteroatoms. The molecule has 218 valence electrons. The van der Waals surface area contributed by atoms with E-state index in [4.69, 9.17) is 9.47 Å². The third-order valence-electron chi connectivity index (χ3n) is 6.93. The molecule has 2 aliphatic heterocycles. The van der Waals surface area contributed by atoms with Crippen LogP contribution in [0.15, 0.2) is 39.2 Å². The Morgan fingerprint density at radius 2 is 1.14 bits per heavy atom. The second kappa shape index (κ2) is 16.0. The summed E-state index contributed by atoms with van der Waals surface area (Å²) in [6.45, 7) is 8.14. The Labute approximate surface area is 263 Å². The van der Waals surface area contributed by atoms with E-state index in [9.17, 15) is 30.6 Å². The molecular formula is C30H30N4O4S4. The van der Waals surface area contributed by atoms with Crippen LogP contribution in [0.25, 0.3) is 0 Å². The molecule has 1 aromatic rings. The molecule has 0 fully saturated rings. The van der Waals surface area contributed by atoms with Gasteiger partial charge in [-0.25, -0.2) is 0 Å². The number of hydrogen-bond acceptors (Lipinski definition) is 12. The highest BCUT2D eigenvalue weighted by molar-refractivity contribution is 8.26. The minimum Gasteiger partial charge on any atom is -0.424 e. The van der Waals surface area contributed by atoms with Gasteiger partial charge in [0.2, 0.25) is 0 Å². The third kappa shape index (κ3) is 7.49. The van der Waals surface area contributed by atoms with E-state index in [2.05, 4.69) is 20.8 Å². The number of allylic oxidation sites excluding steroid dienone is 2. The first-order valence-electron chi connectivity index (χ1n) is 13.8. The summed E-state index contributed by atoms with van der Waals surface area (Å²) in [7, 11) is 0. The molecule has 8 nitrogen and oxygen atoms in total. The van der Waals surface area contributed by atoms with Crippen LogP contribution >= 0.6 is 47.0 Å². The van der Waals surface area contributed by atoms with Crippen LogP contribution in [0, 0.1) is 57.2 Å². The summed E-state index contributed by atoms with van der Waals surface area (Å²) in [6.07, 6.45) is 5.83. The first-order valence-corrected chi connectivity index (χ1v) is 17.0. The van der Waals surface area contributed by atoms with Crippen LogP contribution in [0.5, 0.6) is 11.5 Å². The largest absolute Gasteiger partial charge is 0.424 e. The van der Waals surface area contributed by atoms with E-state index in [-0.39, 0.29) is 35.0 Å². The highest BCUT2D eigenvalue weighted by atomic mass is 32.2. The molecule has 2 heterocycles. The number of nitriles is 4. The average Bonchev–Trinajstić information content (AvgIpc) is 3.63. The van der Waals surface area contributed by atoms with Gasteiger partial charge in [-0.3, -0.25) is 9.59 Å². The summed E-state index contributed by atoms with van der Waals surface area (Å²) in [5.74, 6) is -0.339. The molecule has 0 aliphatic carbocycles. The number of fused-ring (bicyclic) bond motifs is 2. The highest BCUT2D eigenvalue weighted by Crippen LogP contribution is 2.68. The van der Waals surface area contributed by atoms with E-state index in [0.717, 1.165) is 72.7 Å². The Morgan fingerprint density at radius 1 is 0.690 bits per heavy atom. The Kier molecular flexibility index (Phi) is 12.8. The summed E-state index contributed by atoms with van der Waals surface area (Å²) in [4.78, 5) is 28.4. The van der Waals surface area contributed by atoms with Crippen LogP contribution in [-0.4, -0.2) is 11.9 Å². The number of esters is 2. The molecule has 1 aromatic carbocycles. The summed E-state index contributed by atoms with van der Waals surface area (Å²) in [5, 5.41) is 38.3. The van der Waals surface area contributed by atoms with Gasteiger partial charge in [0.1, 0.15) is 35.4 Å². The van der Waals surface area contributed by atoms with Crippen molar-refractivity contribution in [2.75, 3.05) is 0 Å². The summed E-state index contributed by atoms with van der Waals surface area (Å²) in [5.41, 5.74) is -0.202. The fourth-order valence-corrected chi connectivity index (χ4v) is 9.50. The van der Waals surface area contributed by atoms with Crippen molar-refractivity contribution in [1.82, 2.24) is 0 Å². The topological polar surface area (TPSA) is 148 Å². The number of nitrogens with zero attached hydrogens (tertiary/aromatic N) is 4. The first kappa shape index (κ1) is 33.5. The zero-order chi connectivity index (χ0) is 30.8.